The number of ether oxygens (including phenoxy) is 2. The topological polar surface area (TPSA) is 38.7 Å². The number of aliphatic hydroxyl groups is 1. The molecule has 0 aliphatic carbocycles. The van der Waals surface area contributed by atoms with E-state index in [-0.39, 0.29) is 6.10 Å². The van der Waals surface area contributed by atoms with E-state index in [0.29, 0.717) is 13.2 Å². The molecular weight excluding hydrogens is 204 g/mol. The molecule has 1 N–H and O–H groups in total. The van der Waals surface area contributed by atoms with Crippen molar-refractivity contribution in [1.29, 1.82) is 0 Å². The fraction of sp³-hybridized carbons (Fsp3) is 0.538. The Labute approximate surface area is 95.0 Å². The minimum atomic E-state index is -0.492. The molecule has 1 fully saturated rings. The molecule has 0 spiro atoms. The minimum Gasteiger partial charge on any atom is -0.386 e. The van der Waals surface area contributed by atoms with Crippen molar-refractivity contribution in [2.45, 2.75) is 38.3 Å². The predicted octanol–water partition coefficient (Wildman–Crippen LogP) is 1.93. The van der Waals surface area contributed by atoms with Crippen molar-refractivity contribution in [3.05, 3.63) is 34.9 Å². The molecule has 0 radical (unpaired) electrons. The fourth-order valence-corrected chi connectivity index (χ4v) is 2.44. The van der Waals surface area contributed by atoms with Crippen LogP contribution in [-0.2, 0) is 22.7 Å². The summed E-state index contributed by atoms with van der Waals surface area (Å²) in [5.74, 6) is 0. The quantitative estimate of drug-likeness (QED) is 0.827. The maximum atomic E-state index is 10.2. The Bertz CT molecular complexity index is 383. The van der Waals surface area contributed by atoms with Gasteiger partial charge in [0.2, 0.25) is 0 Å². The molecule has 16 heavy (non-hydrogen) atoms. The van der Waals surface area contributed by atoms with Gasteiger partial charge in [-0.25, -0.2) is 0 Å². The number of fused-ring (bicyclic) bond motifs is 1. The zero-order valence-electron chi connectivity index (χ0n) is 9.19. The third kappa shape index (κ3) is 1.75. The van der Waals surface area contributed by atoms with E-state index in [0.717, 1.165) is 25.0 Å². The Kier molecular flexibility index (Phi) is 2.67. The average Bonchev–Trinajstić information content (AvgIpc) is 2.98. The van der Waals surface area contributed by atoms with Crippen LogP contribution in [-0.4, -0.2) is 17.8 Å². The fourth-order valence-electron chi connectivity index (χ4n) is 2.44. The smallest absolute Gasteiger partial charge is 0.105 e. The molecule has 0 amide bonds. The van der Waals surface area contributed by atoms with Gasteiger partial charge < -0.3 is 14.6 Å². The third-order valence-electron chi connectivity index (χ3n) is 3.40. The summed E-state index contributed by atoms with van der Waals surface area (Å²) in [7, 11) is 0. The van der Waals surface area contributed by atoms with Crippen molar-refractivity contribution in [3.63, 3.8) is 0 Å². The summed E-state index contributed by atoms with van der Waals surface area (Å²) in [6.45, 7) is 2.14. The van der Waals surface area contributed by atoms with Crippen LogP contribution in [0.5, 0.6) is 0 Å². The Morgan fingerprint density at radius 1 is 1.25 bits per heavy atom. The van der Waals surface area contributed by atoms with E-state index in [2.05, 4.69) is 12.1 Å². The number of rotatable bonds is 2. The van der Waals surface area contributed by atoms with Gasteiger partial charge >= 0.3 is 0 Å². The molecule has 3 nitrogen and oxygen atoms in total. The second kappa shape index (κ2) is 4.17. The highest BCUT2D eigenvalue weighted by Crippen LogP contribution is 2.29. The number of aliphatic hydroxyl groups excluding tert-OH is 1. The number of hydrogen-bond acceptors (Lipinski definition) is 3. The van der Waals surface area contributed by atoms with Crippen LogP contribution >= 0.6 is 0 Å². The van der Waals surface area contributed by atoms with Crippen LogP contribution in [0.2, 0.25) is 0 Å². The van der Waals surface area contributed by atoms with Crippen molar-refractivity contribution >= 4 is 0 Å². The second-order valence-corrected chi connectivity index (χ2v) is 4.52. The van der Waals surface area contributed by atoms with Gasteiger partial charge in [0.05, 0.1) is 19.3 Å². The molecule has 1 aromatic carbocycles. The molecule has 0 saturated carbocycles. The lowest BCUT2D eigenvalue weighted by atomic mass is 9.98. The Morgan fingerprint density at radius 2 is 2.12 bits per heavy atom. The highest BCUT2D eigenvalue weighted by molar-refractivity contribution is 5.34. The highest BCUT2D eigenvalue weighted by Gasteiger charge is 2.26. The van der Waals surface area contributed by atoms with Gasteiger partial charge in [0.25, 0.3) is 0 Å². The predicted molar refractivity (Wildman–Crippen MR) is 58.9 cm³/mol. The molecule has 86 valence electrons. The molecule has 2 heterocycles. The molecule has 1 aromatic rings. The largest absolute Gasteiger partial charge is 0.386 e. The van der Waals surface area contributed by atoms with Gasteiger partial charge in [0.1, 0.15) is 6.10 Å². The average molecular weight is 220 g/mol. The third-order valence-corrected chi connectivity index (χ3v) is 3.40. The van der Waals surface area contributed by atoms with Crippen molar-refractivity contribution in [2.75, 3.05) is 6.61 Å². The first-order chi connectivity index (χ1) is 7.84. The molecule has 2 unspecified atom stereocenters. The van der Waals surface area contributed by atoms with Gasteiger partial charge in [-0.3, -0.25) is 0 Å². The summed E-state index contributed by atoms with van der Waals surface area (Å²) in [6, 6.07) is 6.09. The van der Waals surface area contributed by atoms with E-state index in [1.54, 1.807) is 0 Å². The summed E-state index contributed by atoms with van der Waals surface area (Å²) in [4.78, 5) is 0. The van der Waals surface area contributed by atoms with Crippen LogP contribution in [0.15, 0.2) is 18.2 Å². The van der Waals surface area contributed by atoms with E-state index in [1.165, 1.54) is 11.1 Å². The maximum absolute atomic E-state index is 10.2. The SMILES string of the molecule is OC(c1ccc2c(c1)COC2)C1CCCO1. The van der Waals surface area contributed by atoms with E-state index < -0.39 is 6.10 Å². The normalized spacial score (nSPS) is 25.7. The lowest BCUT2D eigenvalue weighted by Crippen LogP contribution is -2.17. The first-order valence-electron chi connectivity index (χ1n) is 5.84. The lowest BCUT2D eigenvalue weighted by Gasteiger charge is -2.18. The number of benzene rings is 1. The summed E-state index contributed by atoms with van der Waals surface area (Å²) in [5.41, 5.74) is 3.40. The van der Waals surface area contributed by atoms with Gasteiger partial charge in [0, 0.05) is 6.61 Å². The van der Waals surface area contributed by atoms with Crippen LogP contribution in [0.3, 0.4) is 0 Å². The molecule has 3 rings (SSSR count). The highest BCUT2D eigenvalue weighted by atomic mass is 16.5. The van der Waals surface area contributed by atoms with E-state index >= 15 is 0 Å². The first-order valence-corrected chi connectivity index (χ1v) is 5.84. The zero-order valence-corrected chi connectivity index (χ0v) is 9.19. The molecule has 1 saturated heterocycles. The summed E-state index contributed by atoms with van der Waals surface area (Å²) >= 11 is 0. The van der Waals surface area contributed by atoms with E-state index in [1.807, 2.05) is 6.07 Å². The molecule has 3 heteroatoms. The molecule has 2 aliphatic heterocycles. The van der Waals surface area contributed by atoms with Crippen LogP contribution in [0.4, 0.5) is 0 Å². The van der Waals surface area contributed by atoms with Crippen molar-refractivity contribution in [2.24, 2.45) is 0 Å². The zero-order chi connectivity index (χ0) is 11.0. The Hall–Kier alpha value is -0.900. The van der Waals surface area contributed by atoms with Crippen LogP contribution in [0.25, 0.3) is 0 Å². The van der Waals surface area contributed by atoms with E-state index in [9.17, 15) is 5.11 Å². The summed E-state index contributed by atoms with van der Waals surface area (Å²) in [5, 5.41) is 10.2. The van der Waals surface area contributed by atoms with Crippen molar-refractivity contribution < 1.29 is 14.6 Å². The molecular formula is C13H16O3. The van der Waals surface area contributed by atoms with Gasteiger partial charge in [-0.2, -0.15) is 0 Å². The van der Waals surface area contributed by atoms with Crippen LogP contribution in [0.1, 0.15) is 35.6 Å². The van der Waals surface area contributed by atoms with Gasteiger partial charge in [-0.15, -0.1) is 0 Å². The minimum absolute atomic E-state index is 0.0274. The van der Waals surface area contributed by atoms with Crippen molar-refractivity contribution in [3.8, 4) is 0 Å². The van der Waals surface area contributed by atoms with Crippen molar-refractivity contribution in [1.82, 2.24) is 0 Å². The van der Waals surface area contributed by atoms with Gasteiger partial charge in [-0.05, 0) is 29.5 Å². The molecule has 2 aliphatic rings. The number of hydrogen-bond donors (Lipinski definition) is 1. The van der Waals surface area contributed by atoms with E-state index in [4.69, 9.17) is 9.47 Å². The van der Waals surface area contributed by atoms with Crippen LogP contribution in [0, 0.1) is 0 Å². The maximum Gasteiger partial charge on any atom is 0.105 e. The van der Waals surface area contributed by atoms with Gasteiger partial charge in [-0.1, -0.05) is 18.2 Å². The van der Waals surface area contributed by atoms with Gasteiger partial charge in [0.15, 0.2) is 0 Å². The lowest BCUT2D eigenvalue weighted by molar-refractivity contribution is -0.00263. The molecule has 2 atom stereocenters. The summed E-state index contributed by atoms with van der Waals surface area (Å²) in [6.07, 6.45) is 1.48. The van der Waals surface area contributed by atoms with Crippen LogP contribution < -0.4 is 0 Å². The first kappa shape index (κ1) is 10.3. The standard InChI is InChI=1S/C13H16O3/c14-13(12-2-1-5-16-12)9-3-4-10-7-15-8-11(10)6-9/h3-4,6,12-14H,1-2,5,7-8H2. The monoisotopic (exact) mass is 220 g/mol. The Morgan fingerprint density at radius 3 is 2.94 bits per heavy atom. The molecule has 0 aromatic heterocycles. The Balaban J connectivity index is 1.83. The summed E-state index contributed by atoms with van der Waals surface area (Å²) < 4.78 is 10.9. The second-order valence-electron chi connectivity index (χ2n) is 4.52. The molecule has 0 bridgehead atoms.